The van der Waals surface area contributed by atoms with Crippen molar-refractivity contribution in [1.82, 2.24) is 0 Å². The summed E-state index contributed by atoms with van der Waals surface area (Å²) in [6.45, 7) is 0.764. The Hall–Kier alpha value is -1.16. The van der Waals surface area contributed by atoms with Gasteiger partial charge in [0.05, 0.1) is 4.08 Å². The molecule has 2 aromatic carbocycles. The zero-order valence-corrected chi connectivity index (χ0v) is 16.8. The Labute approximate surface area is 165 Å². The number of fused-ring (bicyclic) bond motifs is 1. The second kappa shape index (κ2) is 8.24. The summed E-state index contributed by atoms with van der Waals surface area (Å²) < 4.78 is 0.262. The Bertz CT molecular complexity index is 743. The third kappa shape index (κ3) is 3.62. The smallest absolute Gasteiger partial charge is 0.0695 e. The van der Waals surface area contributed by atoms with Crippen molar-refractivity contribution in [3.05, 3.63) is 77.9 Å². The van der Waals surface area contributed by atoms with Crippen LogP contribution >= 0.6 is 23.5 Å². The van der Waals surface area contributed by atoms with Gasteiger partial charge >= 0.3 is 0 Å². The second-order valence-electron chi connectivity index (χ2n) is 7.24. The molecule has 1 heterocycles. The molecule has 2 aromatic rings. The van der Waals surface area contributed by atoms with Crippen LogP contribution < -0.4 is 5.73 Å². The highest BCUT2D eigenvalue weighted by Crippen LogP contribution is 2.63. The van der Waals surface area contributed by atoms with Crippen molar-refractivity contribution in [1.29, 1.82) is 0 Å². The number of nitrogens with two attached hydrogens (primary N) is 1. The number of hydrogen-bond acceptors (Lipinski definition) is 3. The van der Waals surface area contributed by atoms with Crippen molar-refractivity contribution in [2.24, 2.45) is 11.7 Å². The van der Waals surface area contributed by atoms with E-state index in [1.165, 1.54) is 41.7 Å². The van der Waals surface area contributed by atoms with Crippen molar-refractivity contribution in [2.75, 3.05) is 12.3 Å². The Kier molecular flexibility index (Phi) is 5.78. The Morgan fingerprint density at radius 3 is 2.46 bits per heavy atom. The zero-order valence-electron chi connectivity index (χ0n) is 15.1. The topological polar surface area (TPSA) is 26.0 Å². The fourth-order valence-electron chi connectivity index (χ4n) is 4.42. The van der Waals surface area contributed by atoms with Crippen LogP contribution in [0, 0.1) is 5.92 Å². The molecule has 26 heavy (non-hydrogen) atoms. The Morgan fingerprint density at radius 1 is 1.00 bits per heavy atom. The summed E-state index contributed by atoms with van der Waals surface area (Å²) in [6, 6.07) is 22.0. The minimum atomic E-state index is 0.262. The predicted octanol–water partition coefficient (Wildman–Crippen LogP) is 6.14. The molecule has 1 aliphatic carbocycles. The van der Waals surface area contributed by atoms with Crippen LogP contribution in [-0.4, -0.2) is 16.4 Å². The van der Waals surface area contributed by atoms with Crippen LogP contribution in [0.15, 0.2) is 66.7 Å². The van der Waals surface area contributed by atoms with Gasteiger partial charge in [-0.15, -0.1) is 23.5 Å². The van der Waals surface area contributed by atoms with E-state index < -0.39 is 0 Å². The van der Waals surface area contributed by atoms with Crippen LogP contribution in [0.3, 0.4) is 0 Å². The molecule has 1 saturated carbocycles. The third-order valence-electron chi connectivity index (χ3n) is 5.61. The molecule has 3 unspecified atom stereocenters. The van der Waals surface area contributed by atoms with Gasteiger partial charge in [-0.2, -0.15) is 0 Å². The summed E-state index contributed by atoms with van der Waals surface area (Å²) in [7, 11) is 0. The first-order chi connectivity index (χ1) is 12.8. The number of thioether (sulfide) groups is 2. The molecule has 2 N–H and O–H groups in total. The first kappa shape index (κ1) is 18.2. The summed E-state index contributed by atoms with van der Waals surface area (Å²) in [4.78, 5) is 1.45. The Morgan fingerprint density at radius 2 is 1.73 bits per heavy atom. The van der Waals surface area contributed by atoms with Gasteiger partial charge in [0.25, 0.3) is 0 Å². The maximum Gasteiger partial charge on any atom is 0.0695 e. The van der Waals surface area contributed by atoms with Gasteiger partial charge in [-0.05, 0) is 29.9 Å². The molecule has 1 aliphatic heterocycles. The lowest BCUT2D eigenvalue weighted by atomic mass is 9.75. The molecule has 0 bridgehead atoms. The van der Waals surface area contributed by atoms with Gasteiger partial charge in [0, 0.05) is 23.1 Å². The molecule has 3 atom stereocenters. The lowest BCUT2D eigenvalue weighted by Gasteiger charge is -2.49. The molecule has 1 fully saturated rings. The van der Waals surface area contributed by atoms with Gasteiger partial charge in [-0.1, -0.05) is 79.6 Å². The SMILES string of the molecule is NCCSC12CCCCC1C(c1ccccc1)C=C(c1ccccc1)S2. The maximum atomic E-state index is 5.91. The first-order valence-electron chi connectivity index (χ1n) is 9.68. The van der Waals surface area contributed by atoms with Crippen LogP contribution in [0.4, 0.5) is 0 Å². The molecule has 4 rings (SSSR count). The molecule has 0 saturated heterocycles. The minimum absolute atomic E-state index is 0.262. The van der Waals surface area contributed by atoms with Crippen molar-refractivity contribution >= 4 is 28.4 Å². The first-order valence-corrected chi connectivity index (χ1v) is 11.5. The average Bonchev–Trinajstić information content (AvgIpc) is 2.72. The van der Waals surface area contributed by atoms with Gasteiger partial charge in [0.15, 0.2) is 0 Å². The van der Waals surface area contributed by atoms with E-state index in [1.807, 2.05) is 0 Å². The molecule has 0 aromatic heterocycles. The van der Waals surface area contributed by atoms with E-state index in [9.17, 15) is 0 Å². The van der Waals surface area contributed by atoms with Crippen LogP contribution in [0.2, 0.25) is 0 Å². The van der Waals surface area contributed by atoms with Crippen LogP contribution in [0.5, 0.6) is 0 Å². The van der Waals surface area contributed by atoms with Gasteiger partial charge in [-0.3, -0.25) is 0 Å². The van der Waals surface area contributed by atoms with Crippen LogP contribution in [0.25, 0.3) is 4.91 Å². The molecule has 136 valence electrons. The lowest BCUT2D eigenvalue weighted by Crippen LogP contribution is -2.40. The fraction of sp³-hybridized carbons (Fsp3) is 0.391. The minimum Gasteiger partial charge on any atom is -0.330 e. The average molecular weight is 382 g/mol. The Balaban J connectivity index is 1.79. The van der Waals surface area contributed by atoms with Crippen molar-refractivity contribution in [2.45, 2.75) is 35.7 Å². The van der Waals surface area contributed by atoms with Crippen molar-refractivity contribution in [3.63, 3.8) is 0 Å². The largest absolute Gasteiger partial charge is 0.330 e. The van der Waals surface area contributed by atoms with Gasteiger partial charge in [-0.25, -0.2) is 0 Å². The highest BCUT2D eigenvalue weighted by atomic mass is 32.2. The standard InChI is InChI=1S/C23H27NS2/c24-15-16-25-23-14-8-7-13-21(23)20(18-9-3-1-4-10-18)17-22(26-23)19-11-5-2-6-12-19/h1-6,9-12,17,20-21H,7-8,13-16,24H2. The van der Waals surface area contributed by atoms with Gasteiger partial charge < -0.3 is 5.73 Å². The molecule has 0 radical (unpaired) electrons. The number of rotatable bonds is 5. The van der Waals surface area contributed by atoms with E-state index in [1.54, 1.807) is 0 Å². The van der Waals surface area contributed by atoms with E-state index in [0.717, 1.165) is 12.3 Å². The van der Waals surface area contributed by atoms with E-state index in [4.69, 9.17) is 5.73 Å². The molecule has 3 heteroatoms. The quantitative estimate of drug-likeness (QED) is 0.674. The number of hydrogen-bond donors (Lipinski definition) is 1. The maximum absolute atomic E-state index is 5.91. The van der Waals surface area contributed by atoms with Crippen molar-refractivity contribution in [3.8, 4) is 0 Å². The highest BCUT2D eigenvalue weighted by molar-refractivity contribution is 8.22. The molecule has 2 aliphatic rings. The monoisotopic (exact) mass is 381 g/mol. The molecular weight excluding hydrogens is 354 g/mol. The summed E-state index contributed by atoms with van der Waals surface area (Å²) in [6.07, 6.45) is 7.86. The summed E-state index contributed by atoms with van der Waals surface area (Å²) in [5, 5.41) is 0. The summed E-state index contributed by atoms with van der Waals surface area (Å²) >= 11 is 4.25. The molecule has 1 nitrogen and oxygen atoms in total. The van der Waals surface area contributed by atoms with Gasteiger partial charge in [0.2, 0.25) is 0 Å². The van der Waals surface area contributed by atoms with E-state index in [-0.39, 0.29) is 4.08 Å². The van der Waals surface area contributed by atoms with Gasteiger partial charge in [0.1, 0.15) is 0 Å². The van der Waals surface area contributed by atoms with E-state index in [0.29, 0.717) is 11.8 Å². The molecule has 0 amide bonds. The fourth-order valence-corrected chi connectivity index (χ4v) is 7.91. The summed E-state index contributed by atoms with van der Waals surface area (Å²) in [5.41, 5.74) is 8.73. The molecular formula is C23H27NS2. The lowest BCUT2D eigenvalue weighted by molar-refractivity contribution is 0.320. The highest BCUT2D eigenvalue weighted by Gasteiger charge is 2.48. The number of benzene rings is 2. The van der Waals surface area contributed by atoms with E-state index in [2.05, 4.69) is 90.3 Å². The third-order valence-corrected chi connectivity index (χ3v) is 9.09. The van der Waals surface area contributed by atoms with Crippen LogP contribution in [0.1, 0.15) is 42.7 Å². The van der Waals surface area contributed by atoms with Crippen molar-refractivity contribution < 1.29 is 0 Å². The van der Waals surface area contributed by atoms with E-state index >= 15 is 0 Å². The normalized spacial score (nSPS) is 28.3. The molecule has 0 spiro atoms. The number of allylic oxidation sites excluding steroid dienone is 1. The predicted molar refractivity (Wildman–Crippen MR) is 117 cm³/mol. The summed E-state index contributed by atoms with van der Waals surface area (Å²) in [5.74, 6) is 2.23. The zero-order chi connectivity index (χ0) is 17.8. The second-order valence-corrected chi connectivity index (χ2v) is 10.3. The van der Waals surface area contributed by atoms with Crippen LogP contribution in [-0.2, 0) is 0 Å².